The molecule has 0 aliphatic carbocycles. The number of hydrogen-bond acceptors (Lipinski definition) is 9. The minimum absolute atomic E-state index is 0.0490. The van der Waals surface area contributed by atoms with E-state index in [1.165, 1.54) is 21.6 Å². The average Bonchev–Trinajstić information content (AvgIpc) is 3.07. The highest BCUT2D eigenvalue weighted by Crippen LogP contribution is 2.30. The van der Waals surface area contributed by atoms with E-state index in [2.05, 4.69) is 22.3 Å². The minimum Gasteiger partial charge on any atom is -0.490 e. The van der Waals surface area contributed by atoms with Gasteiger partial charge in [-0.2, -0.15) is 0 Å². The fraction of sp³-hybridized carbons (Fsp3) is 0.474. The smallest absolute Gasteiger partial charge is 0.245 e. The van der Waals surface area contributed by atoms with Crippen LogP contribution < -0.4 is 26.8 Å². The first-order valence-corrected chi connectivity index (χ1v) is 10.0. The summed E-state index contributed by atoms with van der Waals surface area (Å²) < 4.78 is 38.8. The monoisotopic (exact) mass is 460 g/mol. The van der Waals surface area contributed by atoms with Crippen LogP contribution in [-0.4, -0.2) is 63.1 Å². The first kappa shape index (κ1) is 26.5. The zero-order valence-corrected chi connectivity index (χ0v) is 18.8. The van der Waals surface area contributed by atoms with Gasteiger partial charge >= 0.3 is 0 Å². The molecule has 1 saturated heterocycles. The lowest BCUT2D eigenvalue weighted by molar-refractivity contribution is -0.131. The molecular weight excluding hydrogens is 430 g/mol. The largest absolute Gasteiger partial charge is 0.490 e. The number of hydrogen-bond donors (Lipinski definition) is 3. The van der Waals surface area contributed by atoms with Gasteiger partial charge in [0.25, 0.3) is 0 Å². The molecule has 1 heterocycles. The van der Waals surface area contributed by atoms with Crippen molar-refractivity contribution in [2.45, 2.75) is 13.8 Å². The number of nitrogens with zero attached hydrogens (tertiary/aromatic N) is 3. The third-order valence-electron chi connectivity index (χ3n) is 4.01. The van der Waals surface area contributed by atoms with Crippen LogP contribution in [0.3, 0.4) is 0 Å². The Kier molecular flexibility index (Phi) is 11.7. The Hall–Kier alpha value is -2.54. The number of carbonyl (C=O) groups is 1. The van der Waals surface area contributed by atoms with E-state index < -0.39 is 11.6 Å². The van der Waals surface area contributed by atoms with Crippen LogP contribution in [0.15, 0.2) is 24.0 Å². The van der Waals surface area contributed by atoms with Crippen molar-refractivity contribution in [1.82, 2.24) is 10.2 Å². The number of anilines is 2. The summed E-state index contributed by atoms with van der Waals surface area (Å²) in [6.07, 6.45) is 1.37. The fourth-order valence-corrected chi connectivity index (χ4v) is 2.77. The summed E-state index contributed by atoms with van der Waals surface area (Å²) >= 11 is 4.30. The average molecular weight is 461 g/mol. The van der Waals surface area contributed by atoms with Crippen molar-refractivity contribution >= 4 is 35.1 Å². The Bertz CT molecular complexity index is 745. The summed E-state index contributed by atoms with van der Waals surface area (Å²) in [6, 6.07) is 2.19. The van der Waals surface area contributed by atoms with Crippen molar-refractivity contribution in [3.63, 3.8) is 0 Å². The number of rotatable bonds is 10. The molecule has 9 nitrogen and oxygen atoms in total. The predicted octanol–water partition coefficient (Wildman–Crippen LogP) is 1.24. The van der Waals surface area contributed by atoms with E-state index >= 15 is 0 Å². The molecule has 1 aliphatic heterocycles. The highest BCUT2D eigenvalue weighted by atomic mass is 32.1. The number of halogens is 2. The molecule has 5 N–H and O–H groups in total. The third-order valence-corrected chi connectivity index (χ3v) is 4.14. The van der Waals surface area contributed by atoms with Gasteiger partial charge in [-0.1, -0.05) is 0 Å². The van der Waals surface area contributed by atoms with Crippen molar-refractivity contribution in [3.05, 3.63) is 35.7 Å². The molecule has 0 atom stereocenters. The molecule has 0 radical (unpaired) electrons. The van der Waals surface area contributed by atoms with Crippen molar-refractivity contribution in [1.29, 1.82) is 0 Å². The zero-order valence-electron chi connectivity index (χ0n) is 17.9. The summed E-state index contributed by atoms with van der Waals surface area (Å²) in [4.78, 5) is 14.7. The molecule has 0 aromatic heterocycles. The second-order valence-electron chi connectivity index (χ2n) is 6.35. The van der Waals surface area contributed by atoms with Gasteiger partial charge in [0.2, 0.25) is 5.91 Å². The molecule has 1 amide bonds. The molecule has 0 saturated carbocycles. The van der Waals surface area contributed by atoms with Gasteiger partial charge < -0.3 is 30.3 Å². The molecular formula is C19H30F2N6O3S. The first-order chi connectivity index (χ1) is 14.8. The van der Waals surface area contributed by atoms with Crippen molar-refractivity contribution in [2.75, 3.05) is 56.7 Å². The maximum atomic E-state index is 14.5. The van der Waals surface area contributed by atoms with Gasteiger partial charge in [0.05, 0.1) is 25.5 Å². The molecule has 12 heteroatoms. The maximum absolute atomic E-state index is 14.5. The fourth-order valence-electron chi connectivity index (χ4n) is 2.64. The molecule has 31 heavy (non-hydrogen) atoms. The van der Waals surface area contributed by atoms with Gasteiger partial charge in [-0.15, -0.1) is 0 Å². The van der Waals surface area contributed by atoms with Crippen LogP contribution in [0.2, 0.25) is 0 Å². The Balaban J connectivity index is 0.000000861. The normalized spacial score (nSPS) is 13.7. The number of nitrogens with one attached hydrogen (secondary N) is 1. The summed E-state index contributed by atoms with van der Waals surface area (Å²) in [5.41, 5.74) is 7.21. The summed E-state index contributed by atoms with van der Waals surface area (Å²) in [7, 11) is 1.71. The molecule has 1 aliphatic rings. The number of carbonyl (C=O) groups excluding carboxylic acids is 1. The molecule has 1 aromatic carbocycles. The topological polar surface area (TPSA) is 109 Å². The quantitative estimate of drug-likeness (QED) is 0.270. The lowest BCUT2D eigenvalue weighted by Gasteiger charge is -2.22. The van der Waals surface area contributed by atoms with E-state index in [9.17, 15) is 13.6 Å². The van der Waals surface area contributed by atoms with E-state index in [1.54, 1.807) is 14.0 Å². The molecule has 1 fully saturated rings. The summed E-state index contributed by atoms with van der Waals surface area (Å²) in [5.74, 6) is 3.90. The second kappa shape index (κ2) is 13.7. The van der Waals surface area contributed by atoms with Crippen LogP contribution in [0.25, 0.3) is 0 Å². The third kappa shape index (κ3) is 8.25. The Morgan fingerprint density at radius 1 is 1.32 bits per heavy atom. The molecule has 2 rings (SSSR count). The van der Waals surface area contributed by atoms with Crippen LogP contribution in [0, 0.1) is 11.6 Å². The zero-order chi connectivity index (χ0) is 23.4. The Labute approximate surface area is 186 Å². The lowest BCUT2D eigenvalue weighted by Crippen LogP contribution is -2.30. The maximum Gasteiger partial charge on any atom is 0.245 e. The standard InChI is InChI=1S/C16H24F2N6O2.C3H6OS/c1-3-26-10-23-9-22(8-15(23)25)16-13(17)4-12(5-14(16)18)24(20)7-11(19)6-21-2;1-2-4-3-5/h4-5,7,21H,3,6,8-10,19-20H2,1-2H3;3H,2H2,1H3/b11-7-;. The van der Waals surface area contributed by atoms with Gasteiger partial charge in [-0.05, 0) is 33.1 Å². The highest BCUT2D eigenvalue weighted by molar-refractivity contribution is 7.78. The van der Waals surface area contributed by atoms with Gasteiger partial charge in [0.15, 0.2) is 11.6 Å². The summed E-state index contributed by atoms with van der Waals surface area (Å²) in [6.45, 7) is 5.20. The van der Waals surface area contributed by atoms with E-state index in [0.29, 0.717) is 25.5 Å². The number of nitrogens with two attached hydrogens (primary N) is 2. The van der Waals surface area contributed by atoms with E-state index in [0.717, 1.165) is 17.1 Å². The molecule has 1 aromatic rings. The highest BCUT2D eigenvalue weighted by Gasteiger charge is 2.31. The van der Waals surface area contributed by atoms with Crippen molar-refractivity contribution in [2.24, 2.45) is 11.6 Å². The number of amides is 1. The Morgan fingerprint density at radius 2 is 1.97 bits per heavy atom. The van der Waals surface area contributed by atoms with Crippen LogP contribution in [0.5, 0.6) is 0 Å². The van der Waals surface area contributed by atoms with E-state index in [4.69, 9.17) is 16.3 Å². The predicted molar refractivity (Wildman–Crippen MR) is 120 cm³/mol. The summed E-state index contributed by atoms with van der Waals surface area (Å²) in [5, 5.41) is 3.88. The van der Waals surface area contributed by atoms with Gasteiger partial charge in [-0.3, -0.25) is 9.80 Å². The van der Waals surface area contributed by atoms with Gasteiger partial charge in [-0.25, -0.2) is 14.6 Å². The van der Waals surface area contributed by atoms with Crippen molar-refractivity contribution < 1.29 is 23.0 Å². The van der Waals surface area contributed by atoms with E-state index in [1.807, 2.05) is 6.92 Å². The van der Waals surface area contributed by atoms with Crippen LogP contribution in [0.4, 0.5) is 20.2 Å². The molecule has 0 bridgehead atoms. The molecule has 0 spiro atoms. The molecule has 174 valence electrons. The number of ether oxygens (including phenoxy) is 2. The first-order valence-electron chi connectivity index (χ1n) is 9.58. The number of thiocarbonyl (C=S) groups is 1. The number of likely N-dealkylation sites (N-methyl/N-ethyl adjacent to an activating group) is 1. The number of benzene rings is 1. The van der Waals surface area contributed by atoms with Crippen molar-refractivity contribution in [3.8, 4) is 0 Å². The van der Waals surface area contributed by atoms with Crippen LogP contribution in [-0.2, 0) is 14.3 Å². The van der Waals surface area contributed by atoms with Crippen LogP contribution >= 0.6 is 12.2 Å². The van der Waals surface area contributed by atoms with E-state index in [-0.39, 0.29) is 37.2 Å². The Morgan fingerprint density at radius 3 is 2.45 bits per heavy atom. The van der Waals surface area contributed by atoms with Gasteiger partial charge in [0.1, 0.15) is 18.0 Å². The molecule has 0 unspecified atom stereocenters. The lowest BCUT2D eigenvalue weighted by atomic mass is 10.2. The van der Waals surface area contributed by atoms with Crippen LogP contribution in [0.1, 0.15) is 13.8 Å². The SMILES string of the molecule is CCOC=S.CCOCN1CN(c2c(F)cc(N(N)/C=C(\N)CNC)cc2F)CC1=O. The van der Waals surface area contributed by atoms with Gasteiger partial charge in [0, 0.05) is 37.2 Å². The second-order valence-corrected chi connectivity index (χ2v) is 6.54. The minimum atomic E-state index is -0.818. The number of hydrazine groups is 1.